The molecule has 0 unspecified atom stereocenters. The van der Waals surface area contributed by atoms with Crippen molar-refractivity contribution in [2.75, 3.05) is 50.2 Å². The summed E-state index contributed by atoms with van der Waals surface area (Å²) in [4.78, 5) is 20.8. The molecule has 2 saturated heterocycles. The lowest BCUT2D eigenvalue weighted by atomic mass is 9.85. The minimum Gasteiger partial charge on any atom is -0.381 e. The number of nitrogens with two attached hydrogens (primary N) is 1. The Morgan fingerprint density at radius 2 is 1.75 bits per heavy atom. The molecule has 3 aromatic heterocycles. The second-order valence-corrected chi connectivity index (χ2v) is 7.44. The molecule has 144 valence electrons. The molecule has 0 radical (unpaired) electrons. The zero-order valence-electron chi connectivity index (χ0n) is 15.5. The van der Waals surface area contributed by atoms with E-state index in [0.29, 0.717) is 19.3 Å². The fraction of sp³-hybridized carbons (Fsp3) is 0.474. The van der Waals surface area contributed by atoms with Crippen LogP contribution in [0.3, 0.4) is 0 Å². The molecule has 0 saturated carbocycles. The van der Waals surface area contributed by atoms with E-state index in [9.17, 15) is 0 Å². The van der Waals surface area contributed by atoms with Gasteiger partial charge in [0.05, 0.1) is 30.8 Å². The zero-order chi connectivity index (χ0) is 18.7. The van der Waals surface area contributed by atoms with E-state index in [4.69, 9.17) is 25.2 Å². The lowest BCUT2D eigenvalue weighted by molar-refractivity contribution is 0.0704. The van der Waals surface area contributed by atoms with Gasteiger partial charge in [0.25, 0.3) is 0 Å². The average molecular weight is 379 g/mol. The van der Waals surface area contributed by atoms with E-state index in [1.165, 1.54) is 0 Å². The summed E-state index contributed by atoms with van der Waals surface area (Å²) in [5.41, 5.74) is 11.7. The SMILES string of the molecule is Nc1ncc2c(n1)-c1c(N3CCOCC3)nc3c(ncn3C3CCOCC3)c1-2. The van der Waals surface area contributed by atoms with Crippen LogP contribution in [0.5, 0.6) is 0 Å². The summed E-state index contributed by atoms with van der Waals surface area (Å²) in [5, 5.41) is 0. The fourth-order valence-corrected chi connectivity index (χ4v) is 4.46. The zero-order valence-corrected chi connectivity index (χ0v) is 15.5. The Balaban J connectivity index is 1.56. The number of ether oxygens (including phenoxy) is 2. The standard InChI is InChI=1S/C19H21N7O2/c20-19-21-9-12-13-14(15(12)23-19)17(25-3-7-28-8-4-25)24-18-16(13)22-10-26(18)11-1-5-27-6-2-11/h9-11H,1-8H2,(H2,20,21,23). The molecule has 2 aliphatic heterocycles. The van der Waals surface area contributed by atoms with Crippen LogP contribution in [-0.4, -0.2) is 64.0 Å². The molecule has 0 spiro atoms. The van der Waals surface area contributed by atoms with Gasteiger partial charge in [-0.25, -0.2) is 19.9 Å². The van der Waals surface area contributed by atoms with Gasteiger partial charge in [-0.05, 0) is 12.8 Å². The predicted octanol–water partition coefficient (Wildman–Crippen LogP) is 1.64. The molecule has 2 fully saturated rings. The van der Waals surface area contributed by atoms with Crippen LogP contribution in [0.2, 0.25) is 0 Å². The first-order valence-corrected chi connectivity index (χ1v) is 9.75. The van der Waals surface area contributed by atoms with Crippen molar-refractivity contribution in [3.8, 4) is 22.4 Å². The normalized spacial score (nSPS) is 19.4. The van der Waals surface area contributed by atoms with Crippen molar-refractivity contribution in [3.05, 3.63) is 12.5 Å². The number of rotatable bonds is 2. The fourth-order valence-electron chi connectivity index (χ4n) is 4.46. The number of nitrogens with zero attached hydrogens (tertiary/aromatic N) is 6. The number of hydrogen-bond acceptors (Lipinski definition) is 8. The highest BCUT2D eigenvalue weighted by molar-refractivity contribution is 6.14. The highest BCUT2D eigenvalue weighted by atomic mass is 16.5. The van der Waals surface area contributed by atoms with Crippen molar-refractivity contribution in [3.63, 3.8) is 0 Å². The minimum atomic E-state index is 0.283. The molecule has 6 rings (SSSR count). The van der Waals surface area contributed by atoms with Crippen LogP contribution in [0.1, 0.15) is 18.9 Å². The van der Waals surface area contributed by atoms with Gasteiger partial charge in [-0.1, -0.05) is 0 Å². The van der Waals surface area contributed by atoms with Gasteiger partial charge in [0.15, 0.2) is 5.65 Å². The van der Waals surface area contributed by atoms with Crippen LogP contribution in [0.4, 0.5) is 11.8 Å². The quantitative estimate of drug-likeness (QED) is 0.560. The monoisotopic (exact) mass is 379 g/mol. The van der Waals surface area contributed by atoms with E-state index < -0.39 is 0 Å². The van der Waals surface area contributed by atoms with Crippen molar-refractivity contribution >= 4 is 22.9 Å². The predicted molar refractivity (Wildman–Crippen MR) is 104 cm³/mol. The van der Waals surface area contributed by atoms with Crippen molar-refractivity contribution in [1.82, 2.24) is 24.5 Å². The van der Waals surface area contributed by atoms with Crippen LogP contribution < -0.4 is 10.6 Å². The van der Waals surface area contributed by atoms with Crippen molar-refractivity contribution in [2.24, 2.45) is 0 Å². The molecule has 0 atom stereocenters. The lowest BCUT2D eigenvalue weighted by Gasteiger charge is -2.33. The molecule has 0 amide bonds. The summed E-state index contributed by atoms with van der Waals surface area (Å²) in [6.07, 6.45) is 5.68. The number of aromatic nitrogens is 5. The van der Waals surface area contributed by atoms with Crippen molar-refractivity contribution in [2.45, 2.75) is 18.9 Å². The number of anilines is 2. The van der Waals surface area contributed by atoms with Crippen LogP contribution in [0.25, 0.3) is 33.5 Å². The topological polar surface area (TPSA) is 104 Å². The van der Waals surface area contributed by atoms with Gasteiger partial charge in [-0.15, -0.1) is 0 Å². The number of pyridine rings is 1. The van der Waals surface area contributed by atoms with Gasteiger partial charge in [0, 0.05) is 49.7 Å². The largest absolute Gasteiger partial charge is 0.381 e. The third kappa shape index (κ3) is 2.26. The van der Waals surface area contributed by atoms with Crippen LogP contribution in [-0.2, 0) is 9.47 Å². The number of fused-ring (bicyclic) bond motifs is 6. The number of nitrogen functional groups attached to an aromatic ring is 1. The number of imidazole rings is 1. The Kier molecular flexibility index (Phi) is 3.54. The van der Waals surface area contributed by atoms with Gasteiger partial charge in [-0.2, -0.15) is 0 Å². The van der Waals surface area contributed by atoms with Gasteiger partial charge >= 0.3 is 0 Å². The van der Waals surface area contributed by atoms with Gasteiger partial charge in [0.2, 0.25) is 5.95 Å². The molecule has 1 aliphatic carbocycles. The first-order chi connectivity index (χ1) is 13.8. The van der Waals surface area contributed by atoms with E-state index in [1.807, 2.05) is 6.33 Å². The Hall–Kier alpha value is -2.78. The van der Waals surface area contributed by atoms with E-state index in [-0.39, 0.29) is 5.95 Å². The summed E-state index contributed by atoms with van der Waals surface area (Å²) < 4.78 is 13.3. The van der Waals surface area contributed by atoms with Crippen molar-refractivity contribution in [1.29, 1.82) is 0 Å². The molecule has 28 heavy (non-hydrogen) atoms. The highest BCUT2D eigenvalue weighted by Gasteiger charge is 2.36. The van der Waals surface area contributed by atoms with E-state index >= 15 is 0 Å². The molecular formula is C19H21N7O2. The second-order valence-electron chi connectivity index (χ2n) is 7.44. The molecular weight excluding hydrogens is 358 g/mol. The third-order valence-electron chi connectivity index (χ3n) is 5.90. The second kappa shape index (κ2) is 6.11. The maximum atomic E-state index is 5.85. The number of morpholine rings is 1. The maximum absolute atomic E-state index is 5.85. The summed E-state index contributed by atoms with van der Waals surface area (Å²) in [6, 6.07) is 0.365. The molecule has 5 heterocycles. The minimum absolute atomic E-state index is 0.283. The van der Waals surface area contributed by atoms with Gasteiger partial charge in [0.1, 0.15) is 11.3 Å². The van der Waals surface area contributed by atoms with E-state index in [2.05, 4.69) is 19.4 Å². The van der Waals surface area contributed by atoms with Crippen LogP contribution >= 0.6 is 0 Å². The van der Waals surface area contributed by atoms with Gasteiger partial charge < -0.3 is 24.7 Å². The summed E-state index contributed by atoms with van der Waals surface area (Å²) in [5.74, 6) is 1.23. The first-order valence-electron chi connectivity index (χ1n) is 9.75. The highest BCUT2D eigenvalue weighted by Crippen LogP contribution is 2.53. The first kappa shape index (κ1) is 16.2. The Bertz CT molecular complexity index is 1070. The van der Waals surface area contributed by atoms with Crippen molar-refractivity contribution < 1.29 is 9.47 Å². The third-order valence-corrected chi connectivity index (χ3v) is 5.90. The molecule has 3 aromatic rings. The van der Waals surface area contributed by atoms with Gasteiger partial charge in [-0.3, -0.25) is 0 Å². The number of hydrogen-bond donors (Lipinski definition) is 1. The summed E-state index contributed by atoms with van der Waals surface area (Å²) in [7, 11) is 0. The molecule has 9 heteroatoms. The molecule has 0 bridgehead atoms. The molecule has 2 N–H and O–H groups in total. The Morgan fingerprint density at radius 1 is 0.964 bits per heavy atom. The van der Waals surface area contributed by atoms with Crippen LogP contribution in [0.15, 0.2) is 12.5 Å². The van der Waals surface area contributed by atoms with E-state index in [0.717, 1.165) is 78.5 Å². The van der Waals surface area contributed by atoms with E-state index in [1.54, 1.807) is 6.20 Å². The lowest BCUT2D eigenvalue weighted by Crippen LogP contribution is -2.37. The summed E-state index contributed by atoms with van der Waals surface area (Å²) >= 11 is 0. The summed E-state index contributed by atoms with van der Waals surface area (Å²) in [6.45, 7) is 4.58. The molecule has 0 aromatic carbocycles. The smallest absolute Gasteiger partial charge is 0.220 e. The molecule has 9 nitrogen and oxygen atoms in total. The Labute approximate surface area is 161 Å². The molecule has 3 aliphatic rings. The van der Waals surface area contributed by atoms with Crippen LogP contribution in [0, 0.1) is 0 Å². The Morgan fingerprint density at radius 3 is 2.57 bits per heavy atom. The maximum Gasteiger partial charge on any atom is 0.220 e. The average Bonchev–Trinajstić information content (AvgIpc) is 3.15.